The molecule has 0 aliphatic carbocycles. The van der Waals surface area contributed by atoms with Crippen molar-refractivity contribution in [3.8, 4) is 0 Å². The molecule has 0 spiro atoms. The van der Waals surface area contributed by atoms with Crippen LogP contribution in [0.1, 0.15) is 11.1 Å². The van der Waals surface area contributed by atoms with E-state index >= 15 is 0 Å². The molecule has 0 saturated carbocycles. The number of hydrogen-bond donors (Lipinski definition) is 2. The average Bonchev–Trinajstić information content (AvgIpc) is 2.37. The van der Waals surface area contributed by atoms with Gasteiger partial charge in [0.05, 0.1) is 11.4 Å². The Labute approximate surface area is 131 Å². The smallest absolute Gasteiger partial charge is 0.264 e. The zero-order valence-corrected chi connectivity index (χ0v) is 13.8. The lowest BCUT2D eigenvalue weighted by Gasteiger charge is -2.14. The molecule has 0 aliphatic rings. The third-order valence-electron chi connectivity index (χ3n) is 3.15. The quantitative estimate of drug-likeness (QED) is 0.808. The average molecular weight is 373 g/mol. The molecule has 2 aromatic carbocycles. The van der Waals surface area contributed by atoms with E-state index in [0.717, 1.165) is 5.56 Å². The number of nitrogens with one attached hydrogen (secondary N) is 1. The second kappa shape index (κ2) is 5.65. The zero-order chi connectivity index (χ0) is 15.8. The summed E-state index contributed by atoms with van der Waals surface area (Å²) in [5.74, 6) is -0.670. The van der Waals surface area contributed by atoms with Gasteiger partial charge in [-0.25, -0.2) is 12.8 Å². The lowest BCUT2D eigenvalue weighted by atomic mass is 10.1. The van der Waals surface area contributed by atoms with Crippen LogP contribution in [0.25, 0.3) is 0 Å². The van der Waals surface area contributed by atoms with Gasteiger partial charge in [-0.15, -0.1) is 0 Å². The molecule has 21 heavy (non-hydrogen) atoms. The van der Waals surface area contributed by atoms with Gasteiger partial charge in [0.2, 0.25) is 0 Å². The summed E-state index contributed by atoms with van der Waals surface area (Å²) in [6, 6.07) is 7.34. The molecule has 0 heterocycles. The number of nitrogen functional groups attached to an aromatic ring is 1. The van der Waals surface area contributed by atoms with E-state index in [2.05, 4.69) is 20.7 Å². The summed E-state index contributed by atoms with van der Waals surface area (Å²) in [6.07, 6.45) is 0. The standard InChI is InChI=1S/C14H14BrFN2O2S/c1-8-3-5-12(17)14(9(8)2)21(19,20)18-13-6-4-10(15)7-11(13)16/h3-7,18H,17H2,1-2H3. The predicted molar refractivity (Wildman–Crippen MR) is 85.2 cm³/mol. The van der Waals surface area contributed by atoms with Crippen LogP contribution in [0.15, 0.2) is 39.7 Å². The molecule has 7 heteroatoms. The molecular weight excluding hydrogens is 359 g/mol. The van der Waals surface area contributed by atoms with Crippen molar-refractivity contribution in [1.29, 1.82) is 0 Å². The van der Waals surface area contributed by atoms with Crippen LogP contribution in [-0.2, 0) is 10.0 Å². The molecule has 4 nitrogen and oxygen atoms in total. The summed E-state index contributed by atoms with van der Waals surface area (Å²) in [7, 11) is -3.96. The van der Waals surface area contributed by atoms with E-state index in [-0.39, 0.29) is 16.3 Å². The number of anilines is 2. The number of hydrogen-bond acceptors (Lipinski definition) is 3. The Bertz CT molecular complexity index is 807. The van der Waals surface area contributed by atoms with Gasteiger partial charge in [-0.2, -0.15) is 0 Å². The minimum Gasteiger partial charge on any atom is -0.398 e. The van der Waals surface area contributed by atoms with Gasteiger partial charge in [-0.1, -0.05) is 22.0 Å². The van der Waals surface area contributed by atoms with Crippen molar-refractivity contribution in [3.63, 3.8) is 0 Å². The van der Waals surface area contributed by atoms with E-state index in [1.54, 1.807) is 26.0 Å². The van der Waals surface area contributed by atoms with Crippen LogP contribution < -0.4 is 10.5 Å². The molecule has 3 N–H and O–H groups in total. The third-order valence-corrected chi connectivity index (χ3v) is 5.21. The summed E-state index contributed by atoms with van der Waals surface area (Å²) in [5.41, 5.74) is 7.11. The fraction of sp³-hybridized carbons (Fsp3) is 0.143. The first kappa shape index (κ1) is 15.8. The Balaban J connectivity index is 2.51. The van der Waals surface area contributed by atoms with Crippen molar-refractivity contribution in [3.05, 3.63) is 51.7 Å². The minimum atomic E-state index is -3.96. The van der Waals surface area contributed by atoms with Gasteiger partial charge in [-0.05, 0) is 49.2 Å². The highest BCUT2D eigenvalue weighted by molar-refractivity contribution is 9.10. The van der Waals surface area contributed by atoms with Crippen molar-refractivity contribution in [2.24, 2.45) is 0 Å². The van der Waals surface area contributed by atoms with Gasteiger partial charge in [0.15, 0.2) is 0 Å². The SMILES string of the molecule is Cc1ccc(N)c(S(=O)(=O)Nc2ccc(Br)cc2F)c1C. The highest BCUT2D eigenvalue weighted by Crippen LogP contribution is 2.28. The molecular formula is C14H14BrFN2O2S. The Morgan fingerprint density at radius 2 is 1.86 bits per heavy atom. The molecule has 0 fully saturated rings. The molecule has 0 atom stereocenters. The van der Waals surface area contributed by atoms with Crippen LogP contribution >= 0.6 is 15.9 Å². The molecule has 2 aromatic rings. The highest BCUT2D eigenvalue weighted by Gasteiger charge is 2.22. The number of sulfonamides is 1. The summed E-state index contributed by atoms with van der Waals surface area (Å²) in [5, 5.41) is 0. The van der Waals surface area contributed by atoms with Crippen molar-refractivity contribution in [2.45, 2.75) is 18.7 Å². The van der Waals surface area contributed by atoms with Gasteiger partial charge < -0.3 is 5.73 Å². The topological polar surface area (TPSA) is 72.2 Å². The van der Waals surface area contributed by atoms with Gasteiger partial charge in [0.25, 0.3) is 10.0 Å². The second-order valence-electron chi connectivity index (χ2n) is 4.66. The molecule has 0 aromatic heterocycles. The van der Waals surface area contributed by atoms with E-state index < -0.39 is 15.8 Å². The second-order valence-corrected chi connectivity index (χ2v) is 7.19. The van der Waals surface area contributed by atoms with Crippen LogP contribution in [0, 0.1) is 19.7 Å². The van der Waals surface area contributed by atoms with Crippen LogP contribution in [0.3, 0.4) is 0 Å². The first-order valence-electron chi connectivity index (χ1n) is 6.06. The summed E-state index contributed by atoms with van der Waals surface area (Å²) < 4.78 is 41.5. The molecule has 2 rings (SSSR count). The van der Waals surface area contributed by atoms with Gasteiger partial charge in [0.1, 0.15) is 10.7 Å². The molecule has 0 saturated heterocycles. The van der Waals surface area contributed by atoms with E-state index in [4.69, 9.17) is 5.73 Å². The van der Waals surface area contributed by atoms with Crippen molar-refractivity contribution in [1.82, 2.24) is 0 Å². The van der Waals surface area contributed by atoms with Crippen LogP contribution in [0.2, 0.25) is 0 Å². The monoisotopic (exact) mass is 372 g/mol. The zero-order valence-electron chi connectivity index (χ0n) is 11.4. The van der Waals surface area contributed by atoms with Gasteiger partial charge in [0, 0.05) is 4.47 Å². The normalized spacial score (nSPS) is 11.4. The number of rotatable bonds is 3. The predicted octanol–water partition coefficient (Wildman–Crippen LogP) is 3.59. The summed E-state index contributed by atoms with van der Waals surface area (Å²) >= 11 is 3.12. The highest BCUT2D eigenvalue weighted by atomic mass is 79.9. The van der Waals surface area contributed by atoms with Crippen LogP contribution in [0.5, 0.6) is 0 Å². The van der Waals surface area contributed by atoms with Crippen LogP contribution in [-0.4, -0.2) is 8.42 Å². The van der Waals surface area contributed by atoms with E-state index in [0.29, 0.717) is 10.0 Å². The maximum atomic E-state index is 13.8. The fourth-order valence-electron chi connectivity index (χ4n) is 1.94. The first-order valence-corrected chi connectivity index (χ1v) is 8.33. The number of nitrogens with two attached hydrogens (primary N) is 1. The Morgan fingerprint density at radius 3 is 2.48 bits per heavy atom. The lowest BCUT2D eigenvalue weighted by Crippen LogP contribution is -2.17. The van der Waals surface area contributed by atoms with E-state index in [9.17, 15) is 12.8 Å². The fourth-order valence-corrected chi connectivity index (χ4v) is 3.77. The Morgan fingerprint density at radius 1 is 1.19 bits per heavy atom. The first-order chi connectivity index (χ1) is 9.72. The largest absolute Gasteiger partial charge is 0.398 e. The molecule has 0 bridgehead atoms. The van der Waals surface area contributed by atoms with Gasteiger partial charge >= 0.3 is 0 Å². The van der Waals surface area contributed by atoms with Crippen molar-refractivity contribution < 1.29 is 12.8 Å². The van der Waals surface area contributed by atoms with Crippen molar-refractivity contribution >= 4 is 37.3 Å². The molecule has 112 valence electrons. The summed E-state index contributed by atoms with van der Waals surface area (Å²) in [6.45, 7) is 3.45. The molecule has 0 radical (unpaired) electrons. The number of aryl methyl sites for hydroxylation is 1. The number of benzene rings is 2. The van der Waals surface area contributed by atoms with Crippen molar-refractivity contribution in [2.75, 3.05) is 10.5 Å². The Hall–Kier alpha value is -1.60. The third kappa shape index (κ3) is 3.19. The molecule has 0 aliphatic heterocycles. The maximum absolute atomic E-state index is 13.8. The Kier molecular flexibility index (Phi) is 4.25. The maximum Gasteiger partial charge on any atom is 0.264 e. The van der Waals surface area contributed by atoms with E-state index in [1.807, 2.05) is 0 Å². The molecule has 0 amide bonds. The molecule has 0 unspecified atom stereocenters. The summed E-state index contributed by atoms with van der Waals surface area (Å²) in [4.78, 5) is -0.0233. The lowest BCUT2D eigenvalue weighted by molar-refractivity contribution is 0.598. The number of halogens is 2. The van der Waals surface area contributed by atoms with E-state index in [1.165, 1.54) is 18.2 Å². The minimum absolute atomic E-state index is 0.0233. The van der Waals surface area contributed by atoms with Gasteiger partial charge in [-0.3, -0.25) is 4.72 Å². The van der Waals surface area contributed by atoms with Crippen LogP contribution in [0.4, 0.5) is 15.8 Å².